The third-order valence-corrected chi connectivity index (χ3v) is 5.12. The standard InChI is InChI=1S/C26H23N3O3/c1-17-22(15-25(31)29-19-11-13-20(14-12-19)32-16-24(27)30)26(18-7-3-2-4-8-18)21-9-5-6-10-23(21)28-17/h2-14H,15-16H2,1H3,(H2,27,30)(H,29,31). The molecule has 0 bridgehead atoms. The van der Waals surface area contributed by atoms with E-state index in [1.165, 1.54) is 0 Å². The molecule has 32 heavy (non-hydrogen) atoms. The number of aromatic nitrogens is 1. The number of benzene rings is 3. The number of carbonyl (C=O) groups is 2. The van der Waals surface area contributed by atoms with Gasteiger partial charge in [0.15, 0.2) is 6.61 Å². The second-order valence-corrected chi connectivity index (χ2v) is 7.44. The van der Waals surface area contributed by atoms with Crippen molar-refractivity contribution in [3.8, 4) is 16.9 Å². The predicted molar refractivity (Wildman–Crippen MR) is 125 cm³/mol. The lowest BCUT2D eigenvalue weighted by Gasteiger charge is -2.16. The number of hydrogen-bond donors (Lipinski definition) is 2. The molecule has 0 fully saturated rings. The lowest BCUT2D eigenvalue weighted by molar-refractivity contribution is -0.120. The summed E-state index contributed by atoms with van der Waals surface area (Å²) in [5.41, 5.74) is 10.4. The fourth-order valence-corrected chi connectivity index (χ4v) is 3.68. The van der Waals surface area contributed by atoms with Crippen LogP contribution in [0.25, 0.3) is 22.0 Å². The number of nitrogens with zero attached hydrogens (tertiary/aromatic N) is 1. The molecule has 0 saturated heterocycles. The van der Waals surface area contributed by atoms with Gasteiger partial charge in [0.2, 0.25) is 5.91 Å². The first-order valence-electron chi connectivity index (χ1n) is 10.3. The van der Waals surface area contributed by atoms with Gasteiger partial charge in [-0.3, -0.25) is 14.6 Å². The minimum atomic E-state index is -0.545. The van der Waals surface area contributed by atoms with Crippen LogP contribution in [0.4, 0.5) is 5.69 Å². The molecule has 3 aromatic carbocycles. The molecule has 0 unspecified atom stereocenters. The van der Waals surface area contributed by atoms with Gasteiger partial charge in [-0.2, -0.15) is 0 Å². The molecule has 0 radical (unpaired) electrons. The second kappa shape index (κ2) is 9.31. The van der Waals surface area contributed by atoms with E-state index in [1.807, 2.05) is 61.5 Å². The number of nitrogens with one attached hydrogen (secondary N) is 1. The van der Waals surface area contributed by atoms with Gasteiger partial charge in [0, 0.05) is 16.8 Å². The molecule has 1 heterocycles. The first-order chi connectivity index (χ1) is 15.5. The highest BCUT2D eigenvalue weighted by atomic mass is 16.5. The Morgan fingerprint density at radius 1 is 0.938 bits per heavy atom. The van der Waals surface area contributed by atoms with Crippen LogP contribution in [0.1, 0.15) is 11.3 Å². The molecule has 0 spiro atoms. The highest BCUT2D eigenvalue weighted by molar-refractivity contribution is 6.00. The predicted octanol–water partition coefficient (Wildman–Crippen LogP) is 4.26. The molecule has 160 valence electrons. The van der Waals surface area contributed by atoms with Gasteiger partial charge in [-0.25, -0.2) is 0 Å². The zero-order valence-electron chi connectivity index (χ0n) is 17.7. The van der Waals surface area contributed by atoms with Crippen molar-refractivity contribution in [1.29, 1.82) is 0 Å². The van der Waals surface area contributed by atoms with E-state index in [2.05, 4.69) is 5.32 Å². The van der Waals surface area contributed by atoms with Gasteiger partial charge in [0.25, 0.3) is 5.91 Å². The number of hydrogen-bond acceptors (Lipinski definition) is 4. The summed E-state index contributed by atoms with van der Waals surface area (Å²) in [7, 11) is 0. The van der Waals surface area contributed by atoms with Gasteiger partial charge >= 0.3 is 0 Å². The van der Waals surface area contributed by atoms with Crippen molar-refractivity contribution in [2.75, 3.05) is 11.9 Å². The Labute approximate surface area is 186 Å². The summed E-state index contributed by atoms with van der Waals surface area (Å²) in [6, 6.07) is 24.8. The highest BCUT2D eigenvalue weighted by Crippen LogP contribution is 2.33. The van der Waals surface area contributed by atoms with E-state index in [1.54, 1.807) is 24.3 Å². The van der Waals surface area contributed by atoms with Gasteiger partial charge in [0.1, 0.15) is 5.75 Å². The number of anilines is 1. The fourth-order valence-electron chi connectivity index (χ4n) is 3.68. The van der Waals surface area contributed by atoms with Crippen molar-refractivity contribution in [3.05, 3.63) is 90.1 Å². The third kappa shape index (κ3) is 4.75. The number of nitrogens with two attached hydrogens (primary N) is 1. The summed E-state index contributed by atoms with van der Waals surface area (Å²) in [4.78, 5) is 28.5. The number of fused-ring (bicyclic) bond motifs is 1. The van der Waals surface area contributed by atoms with Crippen molar-refractivity contribution in [1.82, 2.24) is 4.98 Å². The molecule has 6 nitrogen and oxygen atoms in total. The maximum atomic E-state index is 12.9. The number of aryl methyl sites for hydroxylation is 1. The van der Waals surface area contributed by atoms with E-state index in [0.29, 0.717) is 11.4 Å². The Morgan fingerprint density at radius 2 is 1.62 bits per heavy atom. The Hall–Kier alpha value is -4.19. The lowest BCUT2D eigenvalue weighted by Crippen LogP contribution is -2.20. The average Bonchev–Trinajstić information content (AvgIpc) is 2.79. The smallest absolute Gasteiger partial charge is 0.255 e. The van der Waals surface area contributed by atoms with Crippen LogP contribution in [0.3, 0.4) is 0 Å². The Morgan fingerprint density at radius 3 is 2.34 bits per heavy atom. The topological polar surface area (TPSA) is 94.3 Å². The van der Waals surface area contributed by atoms with Gasteiger partial charge < -0.3 is 15.8 Å². The van der Waals surface area contributed by atoms with Crippen LogP contribution in [-0.4, -0.2) is 23.4 Å². The van der Waals surface area contributed by atoms with E-state index >= 15 is 0 Å². The number of pyridine rings is 1. The minimum Gasteiger partial charge on any atom is -0.484 e. The molecule has 2 amide bonds. The quantitative estimate of drug-likeness (QED) is 0.463. The first kappa shape index (κ1) is 21.1. The molecule has 0 aliphatic rings. The zero-order chi connectivity index (χ0) is 22.5. The van der Waals surface area contributed by atoms with Crippen molar-refractivity contribution >= 4 is 28.4 Å². The number of carbonyl (C=O) groups excluding carboxylic acids is 2. The van der Waals surface area contributed by atoms with Crippen LogP contribution in [0.2, 0.25) is 0 Å². The summed E-state index contributed by atoms with van der Waals surface area (Å²) >= 11 is 0. The molecule has 0 atom stereocenters. The fraction of sp³-hybridized carbons (Fsp3) is 0.115. The molecular formula is C26H23N3O3. The SMILES string of the molecule is Cc1nc2ccccc2c(-c2ccccc2)c1CC(=O)Nc1ccc(OCC(N)=O)cc1. The lowest BCUT2D eigenvalue weighted by atomic mass is 9.92. The third-order valence-electron chi connectivity index (χ3n) is 5.12. The van der Waals surface area contributed by atoms with E-state index in [-0.39, 0.29) is 18.9 Å². The number of amides is 2. The van der Waals surface area contributed by atoms with Crippen LogP contribution >= 0.6 is 0 Å². The summed E-state index contributed by atoms with van der Waals surface area (Å²) in [5, 5.41) is 3.94. The normalized spacial score (nSPS) is 10.7. The largest absolute Gasteiger partial charge is 0.484 e. The Kier molecular flexibility index (Phi) is 6.12. The monoisotopic (exact) mass is 425 g/mol. The molecular weight excluding hydrogens is 402 g/mol. The molecule has 4 rings (SSSR count). The van der Waals surface area contributed by atoms with E-state index in [0.717, 1.165) is 33.3 Å². The molecule has 4 aromatic rings. The number of primary amides is 1. The van der Waals surface area contributed by atoms with Crippen LogP contribution in [0.15, 0.2) is 78.9 Å². The first-order valence-corrected chi connectivity index (χ1v) is 10.3. The summed E-state index contributed by atoms with van der Waals surface area (Å²) in [6.07, 6.45) is 0.188. The number of ether oxygens (including phenoxy) is 1. The van der Waals surface area contributed by atoms with Crippen molar-refractivity contribution in [2.45, 2.75) is 13.3 Å². The highest BCUT2D eigenvalue weighted by Gasteiger charge is 2.17. The maximum Gasteiger partial charge on any atom is 0.255 e. The summed E-state index contributed by atoms with van der Waals surface area (Å²) in [5.74, 6) is -0.188. The average molecular weight is 425 g/mol. The second-order valence-electron chi connectivity index (χ2n) is 7.44. The van der Waals surface area contributed by atoms with Crippen molar-refractivity contribution < 1.29 is 14.3 Å². The van der Waals surface area contributed by atoms with Gasteiger partial charge in [-0.05, 0) is 53.9 Å². The van der Waals surface area contributed by atoms with Crippen LogP contribution in [0, 0.1) is 6.92 Å². The van der Waals surface area contributed by atoms with Crippen molar-refractivity contribution in [3.63, 3.8) is 0 Å². The molecule has 6 heteroatoms. The van der Waals surface area contributed by atoms with E-state index in [4.69, 9.17) is 15.5 Å². The Bertz CT molecular complexity index is 1270. The van der Waals surface area contributed by atoms with Gasteiger partial charge in [0.05, 0.1) is 11.9 Å². The van der Waals surface area contributed by atoms with Crippen molar-refractivity contribution in [2.24, 2.45) is 5.73 Å². The zero-order valence-corrected chi connectivity index (χ0v) is 17.7. The Balaban J connectivity index is 1.61. The van der Waals surface area contributed by atoms with Gasteiger partial charge in [-0.1, -0.05) is 48.5 Å². The van der Waals surface area contributed by atoms with E-state index < -0.39 is 5.91 Å². The van der Waals surface area contributed by atoms with Crippen LogP contribution < -0.4 is 15.8 Å². The maximum absolute atomic E-state index is 12.9. The summed E-state index contributed by atoms with van der Waals surface area (Å²) in [6.45, 7) is 1.74. The number of rotatable bonds is 7. The van der Waals surface area contributed by atoms with Gasteiger partial charge in [-0.15, -0.1) is 0 Å². The van der Waals surface area contributed by atoms with E-state index in [9.17, 15) is 9.59 Å². The molecule has 0 aliphatic carbocycles. The molecule has 0 saturated carbocycles. The molecule has 3 N–H and O–H groups in total. The minimum absolute atomic E-state index is 0.145. The summed E-state index contributed by atoms with van der Waals surface area (Å²) < 4.78 is 5.25. The molecule has 0 aliphatic heterocycles. The molecule has 1 aromatic heterocycles. The van der Waals surface area contributed by atoms with Crippen LogP contribution in [0.5, 0.6) is 5.75 Å². The number of para-hydroxylation sites is 1. The van der Waals surface area contributed by atoms with Crippen LogP contribution in [-0.2, 0) is 16.0 Å².